The van der Waals surface area contributed by atoms with E-state index in [-0.39, 0.29) is 6.03 Å². The number of nitrogens with one attached hydrogen (secondary N) is 1. The van der Waals surface area contributed by atoms with Gasteiger partial charge in [0, 0.05) is 24.7 Å². The van der Waals surface area contributed by atoms with Gasteiger partial charge in [0.15, 0.2) is 0 Å². The average Bonchev–Trinajstić information content (AvgIpc) is 2.88. The van der Waals surface area contributed by atoms with Gasteiger partial charge in [0.25, 0.3) is 0 Å². The molecule has 1 heterocycles. The van der Waals surface area contributed by atoms with Crippen LogP contribution >= 0.6 is 0 Å². The van der Waals surface area contributed by atoms with Crippen LogP contribution < -0.4 is 10.1 Å². The number of benzene rings is 2. The third-order valence-corrected chi connectivity index (χ3v) is 4.82. The van der Waals surface area contributed by atoms with Crippen LogP contribution in [0.15, 0.2) is 48.5 Å². The molecule has 1 unspecified atom stereocenters. The first-order valence-corrected chi connectivity index (χ1v) is 8.92. The molecule has 3 rings (SSSR count). The van der Waals surface area contributed by atoms with Crippen LogP contribution in [0.3, 0.4) is 0 Å². The van der Waals surface area contributed by atoms with Crippen LogP contribution in [0.2, 0.25) is 0 Å². The summed E-state index contributed by atoms with van der Waals surface area (Å²) in [6.07, 6.45) is 3.30. The van der Waals surface area contributed by atoms with Gasteiger partial charge in [-0.1, -0.05) is 30.7 Å². The maximum absolute atomic E-state index is 12.7. The average molecular weight is 338 g/mol. The van der Waals surface area contributed by atoms with E-state index in [4.69, 9.17) is 4.74 Å². The molecule has 0 spiro atoms. The maximum atomic E-state index is 12.7. The molecule has 132 valence electrons. The number of methoxy groups -OCH3 is 1. The Morgan fingerprint density at radius 3 is 2.68 bits per heavy atom. The van der Waals surface area contributed by atoms with Crippen molar-refractivity contribution in [2.24, 2.45) is 0 Å². The van der Waals surface area contributed by atoms with Gasteiger partial charge in [-0.15, -0.1) is 0 Å². The second-order valence-corrected chi connectivity index (χ2v) is 6.71. The number of aryl methyl sites for hydroxylation is 1. The lowest BCUT2D eigenvalue weighted by Crippen LogP contribution is -2.37. The molecule has 1 N–H and O–H groups in total. The van der Waals surface area contributed by atoms with Gasteiger partial charge < -0.3 is 15.0 Å². The zero-order chi connectivity index (χ0) is 17.6. The Hall–Kier alpha value is -2.49. The number of anilines is 1. The van der Waals surface area contributed by atoms with Crippen LogP contribution in [0.4, 0.5) is 10.5 Å². The molecule has 0 saturated carbocycles. The number of carbonyl (C=O) groups excluding carboxylic acids is 1. The number of amides is 2. The minimum Gasteiger partial charge on any atom is -0.497 e. The Labute approximate surface area is 149 Å². The summed E-state index contributed by atoms with van der Waals surface area (Å²) in [7, 11) is 1.68. The summed E-state index contributed by atoms with van der Waals surface area (Å²) in [5.74, 6) is 1.24. The van der Waals surface area contributed by atoms with Crippen molar-refractivity contribution >= 4 is 11.7 Å². The van der Waals surface area contributed by atoms with Crippen molar-refractivity contribution in [3.8, 4) is 5.75 Å². The molecular formula is C21H26N2O2. The monoisotopic (exact) mass is 338 g/mol. The number of hydrogen-bond acceptors (Lipinski definition) is 2. The Morgan fingerprint density at radius 1 is 1.16 bits per heavy atom. The molecule has 1 aliphatic heterocycles. The Balaban J connectivity index is 1.69. The van der Waals surface area contributed by atoms with E-state index in [1.807, 2.05) is 48.2 Å². The highest BCUT2D eigenvalue weighted by Gasteiger charge is 2.23. The SMILES string of the molecule is COc1ccc(C2CCCCN(C(=O)Nc3cccc(C)c3)C2)cc1. The van der Waals surface area contributed by atoms with E-state index in [0.717, 1.165) is 49.4 Å². The van der Waals surface area contributed by atoms with Crippen molar-refractivity contribution < 1.29 is 9.53 Å². The molecule has 2 aromatic rings. The van der Waals surface area contributed by atoms with Crippen LogP contribution in [0.5, 0.6) is 5.75 Å². The molecule has 25 heavy (non-hydrogen) atoms. The molecule has 0 aliphatic carbocycles. The molecule has 2 amide bonds. The van der Waals surface area contributed by atoms with Gasteiger partial charge in [0.2, 0.25) is 0 Å². The zero-order valence-electron chi connectivity index (χ0n) is 15.0. The minimum absolute atomic E-state index is 0.00832. The lowest BCUT2D eigenvalue weighted by atomic mass is 9.94. The standard InChI is InChI=1S/C21H26N2O2/c1-16-6-5-8-19(14-16)22-21(24)23-13-4-3-7-18(15-23)17-9-11-20(25-2)12-10-17/h5-6,8-12,14,18H,3-4,7,13,15H2,1-2H3,(H,22,24). The first-order valence-electron chi connectivity index (χ1n) is 8.92. The van der Waals surface area contributed by atoms with Gasteiger partial charge in [-0.2, -0.15) is 0 Å². The summed E-state index contributed by atoms with van der Waals surface area (Å²) in [4.78, 5) is 14.7. The van der Waals surface area contributed by atoms with E-state index in [1.54, 1.807) is 7.11 Å². The van der Waals surface area contributed by atoms with E-state index >= 15 is 0 Å². The molecule has 4 heteroatoms. The summed E-state index contributed by atoms with van der Waals surface area (Å²) in [5.41, 5.74) is 3.27. The van der Waals surface area contributed by atoms with Gasteiger partial charge in [0.05, 0.1) is 7.11 Å². The van der Waals surface area contributed by atoms with Crippen molar-refractivity contribution in [1.82, 2.24) is 4.90 Å². The predicted molar refractivity (Wildman–Crippen MR) is 101 cm³/mol. The van der Waals surface area contributed by atoms with Gasteiger partial charge in [-0.3, -0.25) is 0 Å². The summed E-state index contributed by atoms with van der Waals surface area (Å²) in [6.45, 7) is 3.59. The highest BCUT2D eigenvalue weighted by Crippen LogP contribution is 2.28. The molecule has 2 aromatic carbocycles. The lowest BCUT2D eigenvalue weighted by molar-refractivity contribution is 0.211. The smallest absolute Gasteiger partial charge is 0.321 e. The summed E-state index contributed by atoms with van der Waals surface area (Å²) in [6, 6.07) is 16.1. The quantitative estimate of drug-likeness (QED) is 0.873. The molecule has 1 saturated heterocycles. The second-order valence-electron chi connectivity index (χ2n) is 6.71. The first kappa shape index (κ1) is 17.3. The molecule has 0 bridgehead atoms. The van der Waals surface area contributed by atoms with Crippen LogP contribution in [-0.4, -0.2) is 31.1 Å². The van der Waals surface area contributed by atoms with E-state index in [9.17, 15) is 4.79 Å². The number of urea groups is 1. The number of carbonyl (C=O) groups is 1. The van der Waals surface area contributed by atoms with Crippen LogP contribution in [0.1, 0.15) is 36.3 Å². The fraction of sp³-hybridized carbons (Fsp3) is 0.381. The van der Waals surface area contributed by atoms with Crippen molar-refractivity contribution in [3.63, 3.8) is 0 Å². The summed E-state index contributed by atoms with van der Waals surface area (Å²) >= 11 is 0. The predicted octanol–water partition coefficient (Wildman–Crippen LogP) is 4.81. The van der Waals surface area contributed by atoms with Crippen LogP contribution in [0, 0.1) is 6.92 Å². The minimum atomic E-state index is -0.00832. The number of ether oxygens (including phenoxy) is 1. The number of rotatable bonds is 3. The number of likely N-dealkylation sites (tertiary alicyclic amines) is 1. The van der Waals surface area contributed by atoms with Crippen LogP contribution in [-0.2, 0) is 0 Å². The number of nitrogens with zero attached hydrogens (tertiary/aromatic N) is 1. The molecule has 1 fully saturated rings. The first-order chi connectivity index (χ1) is 12.2. The molecule has 0 radical (unpaired) electrons. The largest absolute Gasteiger partial charge is 0.497 e. The maximum Gasteiger partial charge on any atom is 0.321 e. The second kappa shape index (κ2) is 8.06. The van der Waals surface area contributed by atoms with Crippen molar-refractivity contribution in [2.45, 2.75) is 32.1 Å². The van der Waals surface area contributed by atoms with Crippen LogP contribution in [0.25, 0.3) is 0 Å². The van der Waals surface area contributed by atoms with Gasteiger partial charge >= 0.3 is 6.03 Å². The third kappa shape index (κ3) is 4.53. The summed E-state index contributed by atoms with van der Waals surface area (Å²) < 4.78 is 5.24. The van der Waals surface area contributed by atoms with Gasteiger partial charge in [0.1, 0.15) is 5.75 Å². The van der Waals surface area contributed by atoms with Gasteiger partial charge in [-0.05, 0) is 55.2 Å². The van der Waals surface area contributed by atoms with E-state index in [2.05, 4.69) is 17.4 Å². The lowest BCUT2D eigenvalue weighted by Gasteiger charge is -2.25. The fourth-order valence-electron chi connectivity index (χ4n) is 3.40. The zero-order valence-corrected chi connectivity index (χ0v) is 15.0. The molecule has 0 aromatic heterocycles. The Morgan fingerprint density at radius 2 is 1.96 bits per heavy atom. The Kier molecular flexibility index (Phi) is 5.59. The molecule has 4 nitrogen and oxygen atoms in total. The van der Waals surface area contributed by atoms with Gasteiger partial charge in [-0.25, -0.2) is 4.79 Å². The third-order valence-electron chi connectivity index (χ3n) is 4.82. The summed E-state index contributed by atoms with van der Waals surface area (Å²) in [5, 5.41) is 3.04. The Bertz CT molecular complexity index is 712. The molecule has 1 aliphatic rings. The fourth-order valence-corrected chi connectivity index (χ4v) is 3.40. The highest BCUT2D eigenvalue weighted by atomic mass is 16.5. The molecular weight excluding hydrogens is 312 g/mol. The highest BCUT2D eigenvalue weighted by molar-refractivity contribution is 5.89. The van der Waals surface area contributed by atoms with E-state index in [0.29, 0.717) is 5.92 Å². The van der Waals surface area contributed by atoms with Crippen molar-refractivity contribution in [1.29, 1.82) is 0 Å². The topological polar surface area (TPSA) is 41.6 Å². The molecule has 1 atom stereocenters. The van der Waals surface area contributed by atoms with E-state index in [1.165, 1.54) is 5.56 Å². The van der Waals surface area contributed by atoms with E-state index < -0.39 is 0 Å². The van der Waals surface area contributed by atoms with Crippen molar-refractivity contribution in [2.75, 3.05) is 25.5 Å². The normalized spacial score (nSPS) is 17.7. The van der Waals surface area contributed by atoms with Crippen molar-refractivity contribution in [3.05, 3.63) is 59.7 Å². The number of hydrogen-bond donors (Lipinski definition) is 1.